The van der Waals surface area contributed by atoms with Gasteiger partial charge in [-0.3, -0.25) is 4.79 Å². The summed E-state index contributed by atoms with van der Waals surface area (Å²) in [4.78, 5) is 24.3. The summed E-state index contributed by atoms with van der Waals surface area (Å²) in [5, 5.41) is 2.94. The van der Waals surface area contributed by atoms with E-state index >= 15 is 0 Å². The van der Waals surface area contributed by atoms with Gasteiger partial charge in [0.05, 0.1) is 35.7 Å². The number of aryl methyl sites for hydroxylation is 1. The van der Waals surface area contributed by atoms with Crippen LogP contribution in [0.1, 0.15) is 27.8 Å². The monoisotopic (exact) mass is 351 g/mol. The van der Waals surface area contributed by atoms with Crippen molar-refractivity contribution in [2.24, 2.45) is 7.05 Å². The zero-order valence-corrected chi connectivity index (χ0v) is 14.3. The molecule has 0 fully saturated rings. The number of nitrogens with two attached hydrogens (primary N) is 1. The van der Waals surface area contributed by atoms with Crippen LogP contribution >= 0.6 is 11.6 Å². The van der Waals surface area contributed by atoms with E-state index in [4.69, 9.17) is 26.8 Å². The number of ether oxygens (including phenoxy) is 2. The highest BCUT2D eigenvalue weighted by atomic mass is 35.5. The molecule has 0 aliphatic heterocycles. The first-order valence-electron chi connectivity index (χ1n) is 7.15. The van der Waals surface area contributed by atoms with Gasteiger partial charge in [0.2, 0.25) is 0 Å². The summed E-state index contributed by atoms with van der Waals surface area (Å²) in [7, 11) is 3.11. The Hall–Kier alpha value is -2.67. The number of carbonyl (C=O) groups excluding carboxylic acids is 2. The molecule has 0 unspecified atom stereocenters. The van der Waals surface area contributed by atoms with Crippen LogP contribution in [0.2, 0.25) is 5.02 Å². The Bertz CT molecular complexity index is 786. The van der Waals surface area contributed by atoms with Crippen LogP contribution in [-0.4, -0.2) is 30.2 Å². The molecule has 0 atom stereocenters. The van der Waals surface area contributed by atoms with Crippen molar-refractivity contribution in [2.75, 3.05) is 24.8 Å². The molecule has 0 bridgehead atoms. The van der Waals surface area contributed by atoms with Gasteiger partial charge in [0.1, 0.15) is 11.4 Å². The molecule has 1 amide bonds. The summed E-state index contributed by atoms with van der Waals surface area (Å²) in [6.45, 7) is 1.99. The largest absolute Gasteiger partial charge is 0.496 e. The van der Waals surface area contributed by atoms with E-state index in [9.17, 15) is 9.59 Å². The van der Waals surface area contributed by atoms with Crippen LogP contribution in [0, 0.1) is 0 Å². The number of halogens is 1. The van der Waals surface area contributed by atoms with Gasteiger partial charge in [-0.2, -0.15) is 0 Å². The minimum Gasteiger partial charge on any atom is -0.496 e. The smallest absolute Gasteiger partial charge is 0.355 e. The Kier molecular flexibility index (Phi) is 5.35. The number of methoxy groups -OCH3 is 1. The van der Waals surface area contributed by atoms with Crippen LogP contribution < -0.4 is 15.8 Å². The van der Waals surface area contributed by atoms with Crippen molar-refractivity contribution in [1.29, 1.82) is 0 Å². The molecule has 24 heavy (non-hydrogen) atoms. The molecule has 2 rings (SSSR count). The number of esters is 1. The second-order valence-corrected chi connectivity index (χ2v) is 5.38. The van der Waals surface area contributed by atoms with Crippen molar-refractivity contribution >= 4 is 34.9 Å². The van der Waals surface area contributed by atoms with E-state index in [1.807, 2.05) is 0 Å². The van der Waals surface area contributed by atoms with Crippen LogP contribution in [0.3, 0.4) is 0 Å². The van der Waals surface area contributed by atoms with Crippen LogP contribution in [0.25, 0.3) is 0 Å². The molecule has 0 aliphatic rings. The molecule has 0 aliphatic carbocycles. The number of amides is 1. The summed E-state index contributed by atoms with van der Waals surface area (Å²) in [5.41, 5.74) is 7.03. The Morgan fingerprint density at radius 3 is 2.67 bits per heavy atom. The van der Waals surface area contributed by atoms with Crippen molar-refractivity contribution < 1.29 is 19.1 Å². The Balaban J connectivity index is 2.26. The number of nitrogens with one attached hydrogen (secondary N) is 1. The normalized spacial score (nSPS) is 10.3. The third kappa shape index (κ3) is 3.62. The molecule has 0 saturated heterocycles. The number of aromatic nitrogens is 1. The maximum atomic E-state index is 12.5. The van der Waals surface area contributed by atoms with Gasteiger partial charge in [0.15, 0.2) is 0 Å². The Morgan fingerprint density at radius 1 is 1.33 bits per heavy atom. The number of benzene rings is 1. The fourth-order valence-electron chi connectivity index (χ4n) is 2.15. The van der Waals surface area contributed by atoms with Crippen molar-refractivity contribution in [3.8, 4) is 5.75 Å². The highest BCUT2D eigenvalue weighted by molar-refractivity contribution is 6.33. The molecule has 2 aromatic rings. The van der Waals surface area contributed by atoms with Gasteiger partial charge in [-0.1, -0.05) is 11.6 Å². The SMILES string of the molecule is CCOC(=O)c1cc(NC(=O)c2cc(Cl)c(N)cc2OC)cn1C. The third-order valence-electron chi connectivity index (χ3n) is 3.31. The van der Waals surface area contributed by atoms with Gasteiger partial charge in [-0.15, -0.1) is 0 Å². The summed E-state index contributed by atoms with van der Waals surface area (Å²) < 4.78 is 11.7. The predicted molar refractivity (Wildman–Crippen MR) is 91.7 cm³/mol. The molecule has 0 saturated carbocycles. The molecular weight excluding hydrogens is 334 g/mol. The van der Waals surface area contributed by atoms with E-state index in [-0.39, 0.29) is 17.2 Å². The minimum atomic E-state index is -0.464. The van der Waals surface area contributed by atoms with E-state index in [0.717, 1.165) is 0 Å². The quantitative estimate of drug-likeness (QED) is 0.637. The highest BCUT2D eigenvalue weighted by Crippen LogP contribution is 2.29. The van der Waals surface area contributed by atoms with Gasteiger partial charge in [-0.05, 0) is 19.1 Å². The molecule has 0 spiro atoms. The van der Waals surface area contributed by atoms with Crippen LogP contribution in [0.5, 0.6) is 5.75 Å². The second kappa shape index (κ2) is 7.27. The number of rotatable bonds is 5. The number of hydrogen-bond acceptors (Lipinski definition) is 5. The first kappa shape index (κ1) is 17.7. The van der Waals surface area contributed by atoms with Gasteiger partial charge >= 0.3 is 5.97 Å². The van der Waals surface area contributed by atoms with Crippen molar-refractivity contribution in [3.05, 3.63) is 40.7 Å². The predicted octanol–water partition coefficient (Wildman–Crippen LogP) is 2.70. The molecule has 1 heterocycles. The summed E-state index contributed by atoms with van der Waals surface area (Å²) in [6.07, 6.45) is 1.61. The lowest BCUT2D eigenvalue weighted by atomic mass is 10.1. The molecule has 8 heteroatoms. The number of nitrogen functional groups attached to an aromatic ring is 1. The van der Waals surface area contributed by atoms with E-state index in [2.05, 4.69) is 5.32 Å². The molecule has 7 nitrogen and oxygen atoms in total. The Labute approximate surface area is 144 Å². The topological polar surface area (TPSA) is 95.6 Å². The zero-order valence-electron chi connectivity index (χ0n) is 13.6. The van der Waals surface area contributed by atoms with E-state index in [0.29, 0.717) is 22.8 Å². The van der Waals surface area contributed by atoms with Crippen LogP contribution in [0.4, 0.5) is 11.4 Å². The molecule has 1 aromatic carbocycles. The maximum Gasteiger partial charge on any atom is 0.355 e. The van der Waals surface area contributed by atoms with Gasteiger partial charge in [-0.25, -0.2) is 4.79 Å². The average Bonchev–Trinajstić information content (AvgIpc) is 2.90. The average molecular weight is 352 g/mol. The van der Waals surface area contributed by atoms with Crippen LogP contribution in [-0.2, 0) is 11.8 Å². The lowest BCUT2D eigenvalue weighted by molar-refractivity contribution is 0.0515. The van der Waals surface area contributed by atoms with E-state index < -0.39 is 11.9 Å². The summed E-state index contributed by atoms with van der Waals surface area (Å²) in [6, 6.07) is 4.44. The second-order valence-electron chi connectivity index (χ2n) is 4.97. The molecule has 128 valence electrons. The van der Waals surface area contributed by atoms with Gasteiger partial charge < -0.3 is 25.1 Å². The standard InChI is InChI=1S/C16H18ClN3O4/c1-4-24-16(22)13-5-9(8-20(13)2)19-15(21)10-6-11(17)12(18)7-14(10)23-3/h5-8H,4,18H2,1-3H3,(H,19,21). The summed E-state index contributed by atoms with van der Waals surface area (Å²) in [5.74, 6) is -0.598. The summed E-state index contributed by atoms with van der Waals surface area (Å²) >= 11 is 5.97. The fourth-order valence-corrected chi connectivity index (χ4v) is 2.32. The lowest BCUT2D eigenvalue weighted by Gasteiger charge is -2.10. The maximum absolute atomic E-state index is 12.5. The lowest BCUT2D eigenvalue weighted by Crippen LogP contribution is -2.13. The van der Waals surface area contributed by atoms with Gasteiger partial charge in [0.25, 0.3) is 5.91 Å². The molecule has 0 radical (unpaired) electrons. The molecule has 1 aromatic heterocycles. The first-order valence-corrected chi connectivity index (χ1v) is 7.53. The van der Waals surface area contributed by atoms with Crippen molar-refractivity contribution in [3.63, 3.8) is 0 Å². The van der Waals surface area contributed by atoms with Gasteiger partial charge in [0, 0.05) is 19.3 Å². The minimum absolute atomic E-state index is 0.234. The number of nitrogens with zero attached hydrogens (tertiary/aromatic N) is 1. The van der Waals surface area contributed by atoms with E-state index in [1.165, 1.54) is 25.3 Å². The molecule has 3 N–H and O–H groups in total. The molecular formula is C16H18ClN3O4. The van der Waals surface area contributed by atoms with Crippen molar-refractivity contribution in [2.45, 2.75) is 6.92 Å². The number of hydrogen-bond donors (Lipinski definition) is 2. The zero-order chi connectivity index (χ0) is 17.9. The fraction of sp³-hybridized carbons (Fsp3) is 0.250. The van der Waals surface area contributed by atoms with E-state index in [1.54, 1.807) is 24.7 Å². The van der Waals surface area contributed by atoms with Crippen LogP contribution in [0.15, 0.2) is 24.4 Å². The number of carbonyl (C=O) groups is 2. The highest BCUT2D eigenvalue weighted by Gasteiger charge is 2.18. The number of anilines is 2. The third-order valence-corrected chi connectivity index (χ3v) is 3.64. The van der Waals surface area contributed by atoms with Crippen molar-refractivity contribution in [1.82, 2.24) is 4.57 Å². The first-order chi connectivity index (χ1) is 11.4. The Morgan fingerprint density at radius 2 is 2.04 bits per heavy atom.